The molecule has 2 N–H and O–H groups in total. The number of carbonyl (C=O) groups is 1. The Labute approximate surface area is 92.4 Å². The predicted octanol–water partition coefficient (Wildman–Crippen LogP) is 1.27. The molecule has 5 nitrogen and oxygen atoms in total. The third kappa shape index (κ3) is 2.68. The predicted molar refractivity (Wildman–Crippen MR) is 57.3 cm³/mol. The van der Waals surface area contributed by atoms with Gasteiger partial charge in [0.05, 0.1) is 19.1 Å². The average Bonchev–Trinajstić information content (AvgIpc) is 2.84. The molecule has 82 valence electrons. The van der Waals surface area contributed by atoms with Gasteiger partial charge in [0.25, 0.3) is 5.91 Å². The van der Waals surface area contributed by atoms with E-state index in [0.29, 0.717) is 12.3 Å². The normalized spacial score (nSPS) is 10.0. The highest BCUT2D eigenvalue weighted by molar-refractivity contribution is 5.91. The van der Waals surface area contributed by atoms with Crippen molar-refractivity contribution in [3.05, 3.63) is 54.1 Å². The van der Waals surface area contributed by atoms with Gasteiger partial charge in [-0.3, -0.25) is 9.63 Å². The summed E-state index contributed by atoms with van der Waals surface area (Å²) in [5, 5.41) is 0. The zero-order chi connectivity index (χ0) is 11.2. The molecule has 0 bridgehead atoms. The highest BCUT2D eigenvalue weighted by atomic mass is 16.6. The molecule has 0 saturated carbocycles. The number of nitrogens with one attached hydrogen (secondary N) is 2. The summed E-state index contributed by atoms with van der Waals surface area (Å²) in [7, 11) is 0. The minimum absolute atomic E-state index is 0.334. The first kappa shape index (κ1) is 10.4. The van der Waals surface area contributed by atoms with Gasteiger partial charge in [0, 0.05) is 0 Å². The maximum atomic E-state index is 11.4. The fourth-order valence-corrected chi connectivity index (χ4v) is 1.19. The minimum atomic E-state index is -0.339. The number of aromatic amines is 1. The number of nitrogens with zero attached hydrogens (tertiary/aromatic N) is 1. The molecular weight excluding hydrogens is 206 g/mol. The van der Waals surface area contributed by atoms with Crippen molar-refractivity contribution in [2.45, 2.75) is 6.61 Å². The molecule has 0 radical (unpaired) electrons. The number of H-pyrrole nitrogens is 1. The third-order valence-corrected chi connectivity index (χ3v) is 1.99. The van der Waals surface area contributed by atoms with Crippen LogP contribution in [-0.2, 0) is 11.4 Å². The highest BCUT2D eigenvalue weighted by Crippen LogP contribution is 1.99. The van der Waals surface area contributed by atoms with Crippen molar-refractivity contribution in [1.82, 2.24) is 15.4 Å². The Morgan fingerprint density at radius 2 is 2.19 bits per heavy atom. The van der Waals surface area contributed by atoms with Crippen molar-refractivity contribution < 1.29 is 9.63 Å². The Balaban J connectivity index is 1.79. The zero-order valence-corrected chi connectivity index (χ0v) is 8.51. The summed E-state index contributed by atoms with van der Waals surface area (Å²) in [5.41, 5.74) is 3.68. The highest BCUT2D eigenvalue weighted by Gasteiger charge is 2.05. The Morgan fingerprint density at radius 1 is 1.38 bits per heavy atom. The number of rotatable bonds is 4. The smallest absolute Gasteiger partial charge is 0.292 e. The average molecular weight is 217 g/mol. The zero-order valence-electron chi connectivity index (χ0n) is 8.51. The molecule has 1 heterocycles. The lowest BCUT2D eigenvalue weighted by atomic mass is 10.2. The number of imidazole rings is 1. The van der Waals surface area contributed by atoms with Gasteiger partial charge in [-0.15, -0.1) is 0 Å². The molecular formula is C11H11N3O2. The quantitative estimate of drug-likeness (QED) is 0.758. The number of carbonyl (C=O) groups excluding carboxylic acids is 1. The standard InChI is InChI=1S/C11H11N3O2/c15-11(10-6-12-8-13-10)14-16-7-9-4-2-1-3-5-9/h1-6,8H,7H2,(H,12,13)(H,14,15). The van der Waals surface area contributed by atoms with Crippen molar-refractivity contribution in [1.29, 1.82) is 0 Å². The molecule has 16 heavy (non-hydrogen) atoms. The van der Waals surface area contributed by atoms with Crippen LogP contribution in [0.1, 0.15) is 16.1 Å². The number of hydrogen-bond donors (Lipinski definition) is 2. The fourth-order valence-electron chi connectivity index (χ4n) is 1.19. The molecule has 2 aromatic rings. The first-order chi connectivity index (χ1) is 7.86. The fraction of sp³-hybridized carbons (Fsp3) is 0.0909. The molecule has 1 aromatic heterocycles. The van der Waals surface area contributed by atoms with Crippen molar-refractivity contribution in [3.8, 4) is 0 Å². The maximum Gasteiger partial charge on any atom is 0.292 e. The second kappa shape index (κ2) is 5.09. The van der Waals surface area contributed by atoms with Gasteiger partial charge < -0.3 is 4.98 Å². The van der Waals surface area contributed by atoms with Gasteiger partial charge in [0.15, 0.2) is 0 Å². The van der Waals surface area contributed by atoms with Crippen LogP contribution in [0.4, 0.5) is 0 Å². The largest absolute Gasteiger partial charge is 0.341 e. The Bertz CT molecular complexity index is 440. The number of hydroxylamine groups is 1. The molecule has 0 aliphatic heterocycles. The molecule has 0 atom stereocenters. The lowest BCUT2D eigenvalue weighted by Gasteiger charge is -2.04. The summed E-state index contributed by atoms with van der Waals surface area (Å²) in [6.45, 7) is 0.334. The lowest BCUT2D eigenvalue weighted by molar-refractivity contribution is 0.0230. The molecule has 0 saturated heterocycles. The lowest BCUT2D eigenvalue weighted by Crippen LogP contribution is -2.23. The Kier molecular flexibility index (Phi) is 3.30. The van der Waals surface area contributed by atoms with Gasteiger partial charge in [0.1, 0.15) is 5.69 Å². The van der Waals surface area contributed by atoms with E-state index in [9.17, 15) is 4.79 Å². The molecule has 0 unspecified atom stereocenters. The van der Waals surface area contributed by atoms with Crippen LogP contribution in [0.2, 0.25) is 0 Å². The van der Waals surface area contributed by atoms with Gasteiger partial charge in [-0.2, -0.15) is 0 Å². The van der Waals surface area contributed by atoms with Crippen molar-refractivity contribution in [3.63, 3.8) is 0 Å². The van der Waals surface area contributed by atoms with E-state index in [1.807, 2.05) is 30.3 Å². The first-order valence-corrected chi connectivity index (χ1v) is 4.80. The molecule has 0 aliphatic carbocycles. The van der Waals surface area contributed by atoms with Crippen LogP contribution in [0.3, 0.4) is 0 Å². The van der Waals surface area contributed by atoms with Crippen LogP contribution in [0.15, 0.2) is 42.9 Å². The number of aromatic nitrogens is 2. The van der Waals surface area contributed by atoms with E-state index >= 15 is 0 Å². The van der Waals surface area contributed by atoms with E-state index in [0.717, 1.165) is 5.56 Å². The van der Waals surface area contributed by atoms with Crippen molar-refractivity contribution >= 4 is 5.91 Å². The van der Waals surface area contributed by atoms with Crippen molar-refractivity contribution in [2.24, 2.45) is 0 Å². The topological polar surface area (TPSA) is 67.0 Å². The first-order valence-electron chi connectivity index (χ1n) is 4.80. The monoisotopic (exact) mass is 217 g/mol. The molecule has 5 heteroatoms. The van der Waals surface area contributed by atoms with Crippen LogP contribution >= 0.6 is 0 Å². The van der Waals surface area contributed by atoms with E-state index in [1.54, 1.807) is 0 Å². The SMILES string of the molecule is O=C(NOCc1ccccc1)c1cnc[nH]1. The summed E-state index contributed by atoms with van der Waals surface area (Å²) < 4.78 is 0. The van der Waals surface area contributed by atoms with Crippen LogP contribution in [0, 0.1) is 0 Å². The van der Waals surface area contributed by atoms with Gasteiger partial charge in [-0.05, 0) is 5.56 Å². The van der Waals surface area contributed by atoms with Crippen LogP contribution in [0.5, 0.6) is 0 Å². The molecule has 2 rings (SSSR count). The van der Waals surface area contributed by atoms with E-state index in [-0.39, 0.29) is 5.91 Å². The Morgan fingerprint density at radius 3 is 2.88 bits per heavy atom. The molecule has 1 aromatic carbocycles. The number of amides is 1. The van der Waals surface area contributed by atoms with E-state index in [2.05, 4.69) is 15.4 Å². The second-order valence-corrected chi connectivity index (χ2v) is 3.17. The second-order valence-electron chi connectivity index (χ2n) is 3.17. The minimum Gasteiger partial charge on any atom is -0.341 e. The Hall–Kier alpha value is -2.14. The summed E-state index contributed by atoms with van der Waals surface area (Å²) >= 11 is 0. The third-order valence-electron chi connectivity index (χ3n) is 1.99. The summed E-state index contributed by atoms with van der Waals surface area (Å²) in [4.78, 5) is 22.9. The van der Waals surface area contributed by atoms with Crippen LogP contribution in [0.25, 0.3) is 0 Å². The summed E-state index contributed by atoms with van der Waals surface area (Å²) in [6, 6.07) is 9.59. The number of benzene rings is 1. The molecule has 1 amide bonds. The van der Waals surface area contributed by atoms with Gasteiger partial charge >= 0.3 is 0 Å². The van der Waals surface area contributed by atoms with Crippen molar-refractivity contribution in [2.75, 3.05) is 0 Å². The van der Waals surface area contributed by atoms with Crippen LogP contribution < -0.4 is 5.48 Å². The maximum absolute atomic E-state index is 11.4. The van der Waals surface area contributed by atoms with E-state index in [1.165, 1.54) is 12.5 Å². The molecule has 0 fully saturated rings. The molecule has 0 spiro atoms. The summed E-state index contributed by atoms with van der Waals surface area (Å²) in [5.74, 6) is -0.339. The van der Waals surface area contributed by atoms with Gasteiger partial charge in [-0.1, -0.05) is 30.3 Å². The molecule has 0 aliphatic rings. The van der Waals surface area contributed by atoms with E-state index in [4.69, 9.17) is 4.84 Å². The summed E-state index contributed by atoms with van der Waals surface area (Å²) in [6.07, 6.45) is 2.87. The van der Waals surface area contributed by atoms with Crippen LogP contribution in [-0.4, -0.2) is 15.9 Å². The number of hydrogen-bond acceptors (Lipinski definition) is 3. The van der Waals surface area contributed by atoms with E-state index < -0.39 is 0 Å². The van der Waals surface area contributed by atoms with Gasteiger partial charge in [0.2, 0.25) is 0 Å². The van der Waals surface area contributed by atoms with Gasteiger partial charge in [-0.25, -0.2) is 10.5 Å².